The first-order valence-electron chi connectivity index (χ1n) is 6.28. The van der Waals surface area contributed by atoms with Gasteiger partial charge in [-0.05, 0) is 18.4 Å². The van der Waals surface area contributed by atoms with E-state index >= 15 is 0 Å². The summed E-state index contributed by atoms with van der Waals surface area (Å²) in [4.78, 5) is 0. The molecule has 0 heterocycles. The van der Waals surface area contributed by atoms with E-state index in [4.69, 9.17) is 4.74 Å². The number of hydrogen-bond acceptors (Lipinski definition) is 1. The maximum absolute atomic E-state index is 5.82. The fraction of sp³-hybridized carbons (Fsp3) is 0.467. The summed E-state index contributed by atoms with van der Waals surface area (Å²) in [6.45, 7) is 0.750. The minimum atomic E-state index is 0.508. The van der Waals surface area contributed by atoms with Crippen LogP contribution in [0.2, 0.25) is 0 Å². The third-order valence-electron chi connectivity index (χ3n) is 3.09. The van der Waals surface area contributed by atoms with Gasteiger partial charge < -0.3 is 4.74 Å². The molecule has 2 rings (SSSR count). The highest BCUT2D eigenvalue weighted by Gasteiger charge is 2.12. The van der Waals surface area contributed by atoms with Crippen molar-refractivity contribution in [2.45, 2.75) is 38.2 Å². The Morgan fingerprint density at radius 1 is 1.06 bits per heavy atom. The topological polar surface area (TPSA) is 9.23 Å². The maximum Gasteiger partial charge on any atom is 0.0654 e. The second-order valence-electron chi connectivity index (χ2n) is 4.41. The van der Waals surface area contributed by atoms with E-state index in [1.165, 1.54) is 37.7 Å². The van der Waals surface area contributed by atoms with Crippen molar-refractivity contribution in [3.8, 4) is 0 Å². The second-order valence-corrected chi connectivity index (χ2v) is 4.41. The quantitative estimate of drug-likeness (QED) is 0.737. The minimum absolute atomic E-state index is 0.508. The van der Waals surface area contributed by atoms with Crippen LogP contribution in [0.1, 0.15) is 37.7 Å². The molecule has 0 amide bonds. The Morgan fingerprint density at radius 3 is 2.56 bits per heavy atom. The van der Waals surface area contributed by atoms with Gasteiger partial charge in [-0.2, -0.15) is 0 Å². The van der Waals surface area contributed by atoms with E-state index in [0.29, 0.717) is 6.10 Å². The Labute approximate surface area is 98.1 Å². The van der Waals surface area contributed by atoms with Gasteiger partial charge in [0.1, 0.15) is 0 Å². The highest BCUT2D eigenvalue weighted by molar-refractivity contribution is 5.48. The SMILES string of the molecule is C(=C\c1ccccc1)/COC1CCCCC1. The largest absolute Gasteiger partial charge is 0.374 e. The van der Waals surface area contributed by atoms with E-state index in [2.05, 4.69) is 36.4 Å². The van der Waals surface area contributed by atoms with Crippen LogP contribution in [0.5, 0.6) is 0 Å². The van der Waals surface area contributed by atoms with Crippen molar-refractivity contribution in [1.29, 1.82) is 0 Å². The first kappa shape index (κ1) is 11.4. The van der Waals surface area contributed by atoms with Crippen molar-refractivity contribution in [2.24, 2.45) is 0 Å². The first-order chi connectivity index (χ1) is 7.95. The fourth-order valence-electron chi connectivity index (χ4n) is 2.17. The summed E-state index contributed by atoms with van der Waals surface area (Å²) in [5, 5.41) is 0. The molecule has 0 spiro atoms. The van der Waals surface area contributed by atoms with Crippen LogP contribution in [0.4, 0.5) is 0 Å². The lowest BCUT2D eigenvalue weighted by atomic mass is 9.98. The molecule has 1 aromatic rings. The van der Waals surface area contributed by atoms with Gasteiger partial charge in [-0.15, -0.1) is 0 Å². The molecule has 1 aliphatic rings. The van der Waals surface area contributed by atoms with Crippen molar-refractivity contribution in [3.05, 3.63) is 42.0 Å². The molecule has 16 heavy (non-hydrogen) atoms. The van der Waals surface area contributed by atoms with Gasteiger partial charge in [0, 0.05) is 0 Å². The lowest BCUT2D eigenvalue weighted by Gasteiger charge is -2.21. The molecule has 0 unspecified atom stereocenters. The van der Waals surface area contributed by atoms with Gasteiger partial charge in [0.05, 0.1) is 12.7 Å². The van der Waals surface area contributed by atoms with E-state index < -0.39 is 0 Å². The van der Waals surface area contributed by atoms with E-state index in [1.54, 1.807) is 0 Å². The van der Waals surface area contributed by atoms with Gasteiger partial charge in [-0.1, -0.05) is 61.7 Å². The minimum Gasteiger partial charge on any atom is -0.374 e. The van der Waals surface area contributed by atoms with E-state index in [1.807, 2.05) is 6.07 Å². The lowest BCUT2D eigenvalue weighted by Crippen LogP contribution is -2.16. The second kappa shape index (κ2) is 6.49. The predicted molar refractivity (Wildman–Crippen MR) is 68.3 cm³/mol. The van der Waals surface area contributed by atoms with Gasteiger partial charge in [0.2, 0.25) is 0 Å². The number of hydrogen-bond donors (Lipinski definition) is 0. The van der Waals surface area contributed by atoms with Crippen LogP contribution in [0.3, 0.4) is 0 Å². The van der Waals surface area contributed by atoms with Crippen LogP contribution in [0.15, 0.2) is 36.4 Å². The Hall–Kier alpha value is -1.08. The van der Waals surface area contributed by atoms with Crippen molar-refractivity contribution in [1.82, 2.24) is 0 Å². The van der Waals surface area contributed by atoms with Gasteiger partial charge in [-0.3, -0.25) is 0 Å². The molecule has 1 fully saturated rings. The smallest absolute Gasteiger partial charge is 0.0654 e. The Bertz CT molecular complexity index is 309. The fourth-order valence-corrected chi connectivity index (χ4v) is 2.17. The molecule has 1 saturated carbocycles. The molecule has 0 aromatic heterocycles. The molecule has 0 saturated heterocycles. The zero-order chi connectivity index (χ0) is 11.1. The summed E-state index contributed by atoms with van der Waals surface area (Å²) < 4.78 is 5.82. The molecule has 0 bridgehead atoms. The van der Waals surface area contributed by atoms with Gasteiger partial charge in [0.25, 0.3) is 0 Å². The van der Waals surface area contributed by atoms with Crippen LogP contribution < -0.4 is 0 Å². The normalized spacial score (nSPS) is 18.0. The third-order valence-corrected chi connectivity index (χ3v) is 3.09. The molecule has 1 nitrogen and oxygen atoms in total. The van der Waals surface area contributed by atoms with Gasteiger partial charge >= 0.3 is 0 Å². The van der Waals surface area contributed by atoms with Crippen molar-refractivity contribution in [2.75, 3.05) is 6.61 Å². The number of ether oxygens (including phenoxy) is 1. The van der Waals surface area contributed by atoms with Gasteiger partial charge in [0.15, 0.2) is 0 Å². The number of rotatable bonds is 4. The van der Waals surface area contributed by atoms with E-state index in [0.717, 1.165) is 6.61 Å². The lowest BCUT2D eigenvalue weighted by molar-refractivity contribution is 0.0468. The average molecular weight is 216 g/mol. The molecular weight excluding hydrogens is 196 g/mol. The standard InChI is InChI=1S/C15H20O/c1-3-8-14(9-4-1)10-7-13-16-15-11-5-2-6-12-15/h1,3-4,7-10,15H,2,5-6,11-13H2/b10-7+. The molecule has 0 N–H and O–H groups in total. The predicted octanol–water partition coefficient (Wildman–Crippen LogP) is 4.05. The summed E-state index contributed by atoms with van der Waals surface area (Å²) in [6, 6.07) is 10.4. The zero-order valence-electron chi connectivity index (χ0n) is 9.77. The summed E-state index contributed by atoms with van der Waals surface area (Å²) in [6.07, 6.45) is 11.3. The Morgan fingerprint density at radius 2 is 1.81 bits per heavy atom. The van der Waals surface area contributed by atoms with Crippen LogP contribution in [-0.4, -0.2) is 12.7 Å². The molecule has 0 radical (unpaired) electrons. The van der Waals surface area contributed by atoms with Crippen LogP contribution >= 0.6 is 0 Å². The molecular formula is C15H20O. The van der Waals surface area contributed by atoms with Gasteiger partial charge in [-0.25, -0.2) is 0 Å². The van der Waals surface area contributed by atoms with Crippen molar-refractivity contribution in [3.63, 3.8) is 0 Å². The molecule has 1 aromatic carbocycles. The highest BCUT2D eigenvalue weighted by atomic mass is 16.5. The Balaban J connectivity index is 1.69. The van der Waals surface area contributed by atoms with Crippen LogP contribution in [0.25, 0.3) is 6.08 Å². The molecule has 1 heteroatoms. The zero-order valence-corrected chi connectivity index (χ0v) is 9.77. The molecule has 0 aliphatic heterocycles. The summed E-state index contributed by atoms with van der Waals surface area (Å²) in [5.41, 5.74) is 1.25. The summed E-state index contributed by atoms with van der Waals surface area (Å²) >= 11 is 0. The summed E-state index contributed by atoms with van der Waals surface area (Å²) in [7, 11) is 0. The maximum atomic E-state index is 5.82. The van der Waals surface area contributed by atoms with Crippen LogP contribution in [0, 0.1) is 0 Å². The molecule has 0 atom stereocenters. The molecule has 1 aliphatic carbocycles. The monoisotopic (exact) mass is 216 g/mol. The Kier molecular flexibility index (Phi) is 4.63. The van der Waals surface area contributed by atoms with Crippen molar-refractivity contribution >= 4 is 6.08 Å². The first-order valence-corrected chi connectivity index (χ1v) is 6.28. The highest BCUT2D eigenvalue weighted by Crippen LogP contribution is 2.20. The van der Waals surface area contributed by atoms with E-state index in [-0.39, 0.29) is 0 Å². The third kappa shape index (κ3) is 3.82. The molecule has 86 valence electrons. The van der Waals surface area contributed by atoms with Crippen molar-refractivity contribution < 1.29 is 4.74 Å². The number of benzene rings is 1. The van der Waals surface area contributed by atoms with E-state index in [9.17, 15) is 0 Å². The summed E-state index contributed by atoms with van der Waals surface area (Å²) in [5.74, 6) is 0. The average Bonchev–Trinajstić information content (AvgIpc) is 2.37. The van der Waals surface area contributed by atoms with Crippen LogP contribution in [-0.2, 0) is 4.74 Å².